The molecule has 0 spiro atoms. The number of piperidine rings is 1. The van der Waals surface area contributed by atoms with E-state index in [4.69, 9.17) is 14.6 Å². The highest BCUT2D eigenvalue weighted by Crippen LogP contribution is 2.35. The second-order valence-corrected chi connectivity index (χ2v) is 6.99. The Bertz CT molecular complexity index is 845. The molecular weight excluding hydrogens is 358 g/mol. The molecule has 0 radical (unpaired) electrons. The van der Waals surface area contributed by atoms with Gasteiger partial charge in [0.05, 0.1) is 5.92 Å². The quantitative estimate of drug-likeness (QED) is 0.847. The number of carbonyl (C=O) groups is 2. The third-order valence-corrected chi connectivity index (χ3v) is 5.24. The van der Waals surface area contributed by atoms with Crippen molar-refractivity contribution in [3.63, 3.8) is 0 Å². The number of anilines is 2. The number of nitrogens with zero attached hydrogens (tertiary/aromatic N) is 2. The predicted octanol–water partition coefficient (Wildman–Crippen LogP) is 2.55. The Balaban J connectivity index is 1.40. The Hall–Kier alpha value is -2.81. The summed E-state index contributed by atoms with van der Waals surface area (Å²) in [5.74, 6) is 0.0574. The van der Waals surface area contributed by atoms with Gasteiger partial charge in [0.15, 0.2) is 16.6 Å². The summed E-state index contributed by atoms with van der Waals surface area (Å²) in [5, 5.41) is 14.5. The van der Waals surface area contributed by atoms with Crippen LogP contribution in [0.3, 0.4) is 0 Å². The van der Waals surface area contributed by atoms with Crippen LogP contribution < -0.4 is 14.8 Å². The molecule has 2 N–H and O–H groups in total. The fourth-order valence-corrected chi connectivity index (χ4v) is 3.72. The average Bonchev–Trinajstić information content (AvgIpc) is 3.30. The standard InChI is InChI=1S/C17H17N3O5S/c21-15(20-5-3-10(4-6-20)16(22)23)12-8-26-17(19-12)18-11-1-2-13-14(7-11)25-9-24-13/h1-2,7-8,10H,3-6,9H2,(H,18,19)(H,22,23). The lowest BCUT2D eigenvalue weighted by Gasteiger charge is -2.29. The molecule has 3 heterocycles. The van der Waals surface area contributed by atoms with E-state index in [1.165, 1.54) is 11.3 Å². The molecule has 1 saturated heterocycles. The molecule has 2 aliphatic rings. The number of fused-ring (bicyclic) bond motifs is 1. The second kappa shape index (κ2) is 6.83. The van der Waals surface area contributed by atoms with E-state index >= 15 is 0 Å². The number of benzene rings is 1. The normalized spacial score (nSPS) is 16.5. The zero-order valence-electron chi connectivity index (χ0n) is 13.8. The highest BCUT2D eigenvalue weighted by atomic mass is 32.1. The zero-order valence-corrected chi connectivity index (χ0v) is 14.6. The van der Waals surface area contributed by atoms with Crippen LogP contribution in [0.1, 0.15) is 23.3 Å². The molecule has 9 heteroatoms. The van der Waals surface area contributed by atoms with Gasteiger partial charge in [0.1, 0.15) is 5.69 Å². The predicted molar refractivity (Wildman–Crippen MR) is 94.2 cm³/mol. The van der Waals surface area contributed by atoms with Crippen molar-refractivity contribution in [2.24, 2.45) is 5.92 Å². The number of rotatable bonds is 4. The van der Waals surface area contributed by atoms with Crippen LogP contribution >= 0.6 is 11.3 Å². The summed E-state index contributed by atoms with van der Waals surface area (Å²) in [6.45, 7) is 1.10. The molecule has 0 atom stereocenters. The third kappa shape index (κ3) is 3.30. The number of ether oxygens (including phenoxy) is 2. The van der Waals surface area contributed by atoms with E-state index < -0.39 is 5.97 Å². The third-order valence-electron chi connectivity index (χ3n) is 4.48. The van der Waals surface area contributed by atoms with Crippen LogP contribution in [0.15, 0.2) is 23.6 Å². The van der Waals surface area contributed by atoms with E-state index in [0.29, 0.717) is 48.3 Å². The monoisotopic (exact) mass is 375 g/mol. The molecule has 0 bridgehead atoms. The molecule has 1 fully saturated rings. The van der Waals surface area contributed by atoms with E-state index in [1.807, 2.05) is 18.2 Å². The summed E-state index contributed by atoms with van der Waals surface area (Å²) in [5.41, 5.74) is 1.16. The Kier molecular flexibility index (Phi) is 4.37. The number of hydrogen-bond donors (Lipinski definition) is 2. The van der Waals surface area contributed by atoms with Gasteiger partial charge >= 0.3 is 5.97 Å². The highest BCUT2D eigenvalue weighted by molar-refractivity contribution is 7.14. The lowest BCUT2D eigenvalue weighted by atomic mass is 9.97. The van der Waals surface area contributed by atoms with Gasteiger partial charge in [-0.2, -0.15) is 0 Å². The summed E-state index contributed by atoms with van der Waals surface area (Å²) in [6.07, 6.45) is 0.959. The van der Waals surface area contributed by atoms with Crippen LogP contribution in [0.5, 0.6) is 11.5 Å². The second-order valence-electron chi connectivity index (χ2n) is 6.14. The Labute approximate surface area is 153 Å². The molecule has 26 heavy (non-hydrogen) atoms. The fourth-order valence-electron chi connectivity index (χ4n) is 3.02. The number of hydrogen-bond acceptors (Lipinski definition) is 7. The number of thiazole rings is 1. The molecule has 4 rings (SSSR count). The minimum atomic E-state index is -0.791. The maximum Gasteiger partial charge on any atom is 0.306 e. The van der Waals surface area contributed by atoms with Crippen molar-refractivity contribution >= 4 is 34.0 Å². The molecule has 136 valence electrons. The van der Waals surface area contributed by atoms with E-state index in [0.717, 1.165) is 5.69 Å². The molecule has 8 nitrogen and oxygen atoms in total. The summed E-state index contributed by atoms with van der Waals surface area (Å²) in [7, 11) is 0. The number of likely N-dealkylation sites (tertiary alicyclic amines) is 1. The minimum Gasteiger partial charge on any atom is -0.481 e. The fraction of sp³-hybridized carbons (Fsp3) is 0.353. The lowest BCUT2D eigenvalue weighted by molar-refractivity contribution is -0.143. The summed E-state index contributed by atoms with van der Waals surface area (Å²) in [6, 6.07) is 5.49. The molecule has 2 aromatic rings. The molecule has 1 aromatic heterocycles. The first kappa shape index (κ1) is 16.6. The Morgan fingerprint density at radius 1 is 1.23 bits per heavy atom. The van der Waals surface area contributed by atoms with Crippen LogP contribution in [0.4, 0.5) is 10.8 Å². The van der Waals surface area contributed by atoms with Crippen molar-refractivity contribution in [1.82, 2.24) is 9.88 Å². The van der Waals surface area contributed by atoms with Crippen LogP contribution in [0, 0.1) is 5.92 Å². The van der Waals surface area contributed by atoms with Gasteiger partial charge in [0, 0.05) is 30.2 Å². The molecular formula is C17H17N3O5S. The number of carboxylic acid groups (broad SMARTS) is 1. The van der Waals surface area contributed by atoms with Gasteiger partial charge in [-0.05, 0) is 25.0 Å². The largest absolute Gasteiger partial charge is 0.481 e. The number of aliphatic carboxylic acids is 1. The summed E-state index contributed by atoms with van der Waals surface area (Å²) >= 11 is 1.34. The van der Waals surface area contributed by atoms with Crippen molar-refractivity contribution in [3.05, 3.63) is 29.3 Å². The van der Waals surface area contributed by atoms with E-state index in [2.05, 4.69) is 10.3 Å². The topological polar surface area (TPSA) is 101 Å². The van der Waals surface area contributed by atoms with Crippen LogP contribution in [-0.2, 0) is 4.79 Å². The van der Waals surface area contributed by atoms with Gasteiger partial charge in [0.2, 0.25) is 6.79 Å². The number of carboxylic acids is 1. The van der Waals surface area contributed by atoms with E-state index in [-0.39, 0.29) is 18.6 Å². The Morgan fingerprint density at radius 3 is 2.77 bits per heavy atom. The van der Waals surface area contributed by atoms with Gasteiger partial charge in [-0.1, -0.05) is 0 Å². The van der Waals surface area contributed by atoms with Gasteiger partial charge in [-0.3, -0.25) is 9.59 Å². The first-order chi connectivity index (χ1) is 12.6. The van der Waals surface area contributed by atoms with Crippen molar-refractivity contribution in [1.29, 1.82) is 0 Å². The van der Waals surface area contributed by atoms with Crippen LogP contribution in [0.25, 0.3) is 0 Å². The van der Waals surface area contributed by atoms with Crippen molar-refractivity contribution in [2.75, 3.05) is 25.2 Å². The van der Waals surface area contributed by atoms with Crippen LogP contribution in [-0.4, -0.2) is 46.7 Å². The van der Waals surface area contributed by atoms with Crippen LogP contribution in [0.2, 0.25) is 0 Å². The number of aromatic nitrogens is 1. The van der Waals surface area contributed by atoms with Crippen molar-refractivity contribution < 1.29 is 24.2 Å². The number of carbonyl (C=O) groups excluding carboxylic acids is 1. The van der Waals surface area contributed by atoms with E-state index in [1.54, 1.807) is 10.3 Å². The Morgan fingerprint density at radius 2 is 2.00 bits per heavy atom. The SMILES string of the molecule is O=C(O)C1CCN(C(=O)c2csc(Nc3ccc4c(c3)OCO4)n2)CC1. The minimum absolute atomic E-state index is 0.163. The first-order valence-electron chi connectivity index (χ1n) is 8.24. The smallest absolute Gasteiger partial charge is 0.306 e. The molecule has 1 amide bonds. The lowest BCUT2D eigenvalue weighted by Crippen LogP contribution is -2.40. The van der Waals surface area contributed by atoms with Crippen molar-refractivity contribution in [2.45, 2.75) is 12.8 Å². The first-order valence-corrected chi connectivity index (χ1v) is 9.12. The molecule has 0 aliphatic carbocycles. The summed E-state index contributed by atoms with van der Waals surface area (Å²) in [4.78, 5) is 29.6. The zero-order chi connectivity index (χ0) is 18.1. The number of amides is 1. The van der Waals surface area contributed by atoms with Gasteiger partial charge in [0.25, 0.3) is 5.91 Å². The maximum atomic E-state index is 12.6. The molecule has 1 aromatic carbocycles. The molecule has 0 unspecified atom stereocenters. The molecule has 2 aliphatic heterocycles. The van der Waals surface area contributed by atoms with E-state index in [9.17, 15) is 9.59 Å². The van der Waals surface area contributed by atoms with Gasteiger partial charge in [-0.25, -0.2) is 4.98 Å². The van der Waals surface area contributed by atoms with Crippen molar-refractivity contribution in [3.8, 4) is 11.5 Å². The average molecular weight is 375 g/mol. The van der Waals surface area contributed by atoms with Gasteiger partial charge < -0.3 is 24.8 Å². The maximum absolute atomic E-state index is 12.6. The summed E-state index contributed by atoms with van der Waals surface area (Å²) < 4.78 is 10.6. The molecule has 0 saturated carbocycles. The highest BCUT2D eigenvalue weighted by Gasteiger charge is 2.28. The van der Waals surface area contributed by atoms with Gasteiger partial charge in [-0.15, -0.1) is 11.3 Å². The number of nitrogens with one attached hydrogen (secondary N) is 1.